The molecule has 0 rings (SSSR count). The summed E-state index contributed by atoms with van der Waals surface area (Å²) in [4.78, 5) is 73.1. The van der Waals surface area contributed by atoms with Gasteiger partial charge < -0.3 is 33.8 Å². The lowest BCUT2D eigenvalue weighted by atomic mass is 10.00. The minimum absolute atomic E-state index is 0.106. The lowest BCUT2D eigenvalue weighted by Crippen LogP contribution is -2.30. The lowest BCUT2D eigenvalue weighted by molar-refractivity contribution is -0.161. The second-order valence-corrected chi connectivity index (χ2v) is 34.4. The lowest BCUT2D eigenvalue weighted by Gasteiger charge is -2.21. The molecule has 0 aromatic rings. The van der Waals surface area contributed by atoms with Gasteiger partial charge in [0.25, 0.3) is 0 Å². The zero-order valence-corrected chi connectivity index (χ0v) is 69.0. The van der Waals surface area contributed by atoms with Gasteiger partial charge in [-0.05, 0) is 49.4 Å². The molecule has 102 heavy (non-hydrogen) atoms. The van der Waals surface area contributed by atoms with Crippen LogP contribution in [0.5, 0.6) is 0 Å². The van der Waals surface area contributed by atoms with Gasteiger partial charge in [0.1, 0.15) is 19.3 Å². The maximum Gasteiger partial charge on any atom is 0.472 e. The van der Waals surface area contributed by atoms with Gasteiger partial charge in [0.05, 0.1) is 26.4 Å². The average molecular weight is 1490 g/mol. The highest BCUT2D eigenvalue weighted by Crippen LogP contribution is 2.45. The molecule has 0 aliphatic rings. The van der Waals surface area contributed by atoms with E-state index in [1.165, 1.54) is 225 Å². The summed E-state index contributed by atoms with van der Waals surface area (Å²) in [5.74, 6) is 1.01. The summed E-state index contributed by atoms with van der Waals surface area (Å²) in [6, 6.07) is 0. The van der Waals surface area contributed by atoms with E-state index >= 15 is 0 Å². The van der Waals surface area contributed by atoms with Crippen LogP contribution < -0.4 is 0 Å². The smallest absolute Gasteiger partial charge is 0.462 e. The summed E-state index contributed by atoms with van der Waals surface area (Å²) in [5.41, 5.74) is 0. The van der Waals surface area contributed by atoms with Crippen molar-refractivity contribution in [2.45, 2.75) is 446 Å². The maximum atomic E-state index is 13.1. The van der Waals surface area contributed by atoms with Gasteiger partial charge in [0.15, 0.2) is 12.2 Å². The van der Waals surface area contributed by atoms with Crippen molar-refractivity contribution in [3.05, 3.63) is 0 Å². The van der Waals surface area contributed by atoms with Gasteiger partial charge in [-0.15, -0.1) is 0 Å². The Labute approximate surface area is 626 Å². The van der Waals surface area contributed by atoms with E-state index in [0.717, 1.165) is 120 Å². The topological polar surface area (TPSA) is 237 Å². The molecular formula is C83H162O17P2. The van der Waals surface area contributed by atoms with Gasteiger partial charge in [-0.25, -0.2) is 9.13 Å². The predicted octanol–water partition coefficient (Wildman–Crippen LogP) is 24.8. The Hall–Kier alpha value is -1.94. The van der Waals surface area contributed by atoms with E-state index in [4.69, 9.17) is 37.0 Å². The van der Waals surface area contributed by atoms with Gasteiger partial charge in [-0.2, -0.15) is 0 Å². The summed E-state index contributed by atoms with van der Waals surface area (Å²) in [5, 5.41) is 10.7. The van der Waals surface area contributed by atoms with Crippen molar-refractivity contribution in [3.8, 4) is 0 Å². The molecule has 0 fully saturated rings. The molecule has 0 saturated carbocycles. The summed E-state index contributed by atoms with van der Waals surface area (Å²) in [6.07, 6.45) is 59.7. The van der Waals surface area contributed by atoms with E-state index in [2.05, 4.69) is 55.4 Å². The molecule has 0 aromatic heterocycles. The second-order valence-electron chi connectivity index (χ2n) is 31.5. The third-order valence-corrected chi connectivity index (χ3v) is 21.6. The van der Waals surface area contributed by atoms with Crippen LogP contribution in [0.25, 0.3) is 0 Å². The molecular weight excluding hydrogens is 1330 g/mol. The number of aliphatic hydroxyl groups excluding tert-OH is 1. The van der Waals surface area contributed by atoms with Gasteiger partial charge >= 0.3 is 39.5 Å². The van der Waals surface area contributed by atoms with E-state index in [9.17, 15) is 43.2 Å². The maximum absolute atomic E-state index is 13.1. The first-order chi connectivity index (χ1) is 49.1. The zero-order chi connectivity index (χ0) is 75.3. The van der Waals surface area contributed by atoms with E-state index in [1.807, 2.05) is 0 Å². The van der Waals surface area contributed by atoms with Crippen LogP contribution >= 0.6 is 15.6 Å². The highest BCUT2D eigenvalue weighted by atomic mass is 31.2. The molecule has 3 N–H and O–H groups in total. The molecule has 0 aliphatic heterocycles. The summed E-state index contributed by atoms with van der Waals surface area (Å²) >= 11 is 0. The molecule has 19 heteroatoms. The second kappa shape index (κ2) is 72.0. The highest BCUT2D eigenvalue weighted by Gasteiger charge is 2.30. The van der Waals surface area contributed by atoms with Crippen molar-refractivity contribution < 1.29 is 80.2 Å². The number of hydrogen-bond donors (Lipinski definition) is 3. The quantitative estimate of drug-likeness (QED) is 0.0222. The van der Waals surface area contributed by atoms with Crippen LogP contribution in [-0.4, -0.2) is 96.7 Å². The minimum atomic E-state index is -4.96. The fourth-order valence-corrected chi connectivity index (χ4v) is 14.3. The number of carbonyl (C=O) groups is 4. The minimum Gasteiger partial charge on any atom is -0.462 e. The summed E-state index contributed by atoms with van der Waals surface area (Å²) in [6.45, 7) is 14.3. The highest BCUT2D eigenvalue weighted by molar-refractivity contribution is 7.47. The first-order valence-corrected chi connectivity index (χ1v) is 45.7. The van der Waals surface area contributed by atoms with Crippen LogP contribution in [0.4, 0.5) is 0 Å². The molecule has 606 valence electrons. The van der Waals surface area contributed by atoms with Crippen molar-refractivity contribution in [2.75, 3.05) is 39.6 Å². The van der Waals surface area contributed by atoms with Crippen molar-refractivity contribution in [3.63, 3.8) is 0 Å². The van der Waals surface area contributed by atoms with Crippen molar-refractivity contribution in [1.29, 1.82) is 0 Å². The van der Waals surface area contributed by atoms with Crippen molar-refractivity contribution in [1.82, 2.24) is 0 Å². The third kappa shape index (κ3) is 74.9. The summed E-state index contributed by atoms with van der Waals surface area (Å²) in [7, 11) is -9.93. The number of hydrogen-bond acceptors (Lipinski definition) is 15. The largest absolute Gasteiger partial charge is 0.472 e. The van der Waals surface area contributed by atoms with Gasteiger partial charge in [-0.1, -0.05) is 376 Å². The number of esters is 4. The van der Waals surface area contributed by atoms with Crippen LogP contribution in [-0.2, 0) is 65.4 Å². The van der Waals surface area contributed by atoms with E-state index in [-0.39, 0.29) is 25.7 Å². The molecule has 0 radical (unpaired) electrons. The zero-order valence-electron chi connectivity index (χ0n) is 67.2. The number of unbranched alkanes of at least 4 members (excludes halogenated alkanes) is 45. The van der Waals surface area contributed by atoms with Crippen LogP contribution in [0.2, 0.25) is 0 Å². The van der Waals surface area contributed by atoms with E-state index in [1.54, 1.807) is 0 Å². The fourth-order valence-electron chi connectivity index (χ4n) is 12.8. The average Bonchev–Trinajstić information content (AvgIpc) is 0.909. The molecule has 6 atom stereocenters. The molecule has 0 spiro atoms. The first kappa shape index (κ1) is 100. The standard InChI is InChI=1S/C83H162O17P2/c1-9-76(8)62-54-46-41-42-48-56-64-81(86)94-70-79(100-83(88)66-58-50-40-34-28-22-16-19-25-31-37-45-53-61-75(6)7)72-98-102(91,92)96-68-77(84)67-95-101(89,90)97-71-78(99-82(87)65-57-49-39-33-27-21-15-11-13-18-24-30-36-44-52-60-74(4)5)69-93-80(85)63-55-47-38-32-26-20-14-10-12-17-23-29-35-43-51-59-73(2)3/h73-79,84H,9-72H2,1-8H3,(H,89,90)(H,91,92)/t76?,77-,78-,79-/m1/s1. The fraction of sp³-hybridized carbons (Fsp3) is 0.952. The molecule has 0 aliphatic carbocycles. The molecule has 17 nitrogen and oxygen atoms in total. The molecule has 0 bridgehead atoms. The Morgan fingerprint density at radius 2 is 0.471 bits per heavy atom. The SMILES string of the molecule is CCC(C)CCCCCCCCC(=O)OC[C@H](COP(=O)(O)OC[C@H](O)COP(=O)(O)OC[C@@H](COC(=O)CCCCCCCCCCCCCCCCCC(C)C)OC(=O)CCCCCCCCCCCCCCCCCC(C)C)OC(=O)CCCCCCCCCCCCCCCC(C)C. The molecule has 0 aromatic carbocycles. The van der Waals surface area contributed by atoms with Crippen LogP contribution in [0, 0.1) is 23.7 Å². The van der Waals surface area contributed by atoms with Gasteiger partial charge in [0.2, 0.25) is 0 Å². The van der Waals surface area contributed by atoms with Crippen molar-refractivity contribution in [2.24, 2.45) is 23.7 Å². The number of ether oxygens (including phenoxy) is 4. The van der Waals surface area contributed by atoms with Gasteiger partial charge in [-0.3, -0.25) is 37.3 Å². The molecule has 0 heterocycles. The number of phosphoric ester groups is 2. The first-order valence-electron chi connectivity index (χ1n) is 42.7. The van der Waals surface area contributed by atoms with Crippen LogP contribution in [0.15, 0.2) is 0 Å². The molecule has 0 amide bonds. The number of rotatable bonds is 80. The molecule has 3 unspecified atom stereocenters. The van der Waals surface area contributed by atoms with E-state index in [0.29, 0.717) is 25.7 Å². The Morgan fingerprint density at radius 3 is 0.696 bits per heavy atom. The normalized spacial score (nSPS) is 14.3. The monoisotopic (exact) mass is 1490 g/mol. The summed E-state index contributed by atoms with van der Waals surface area (Å²) < 4.78 is 68.8. The Bertz CT molecular complexity index is 1990. The van der Waals surface area contributed by atoms with E-state index < -0.39 is 97.5 Å². The Morgan fingerprint density at radius 1 is 0.275 bits per heavy atom. The van der Waals surface area contributed by atoms with Crippen LogP contribution in [0.3, 0.4) is 0 Å². The number of phosphoric acid groups is 2. The van der Waals surface area contributed by atoms with Gasteiger partial charge in [0, 0.05) is 25.7 Å². The Balaban J connectivity index is 5.25. The predicted molar refractivity (Wildman–Crippen MR) is 418 cm³/mol. The molecule has 0 saturated heterocycles. The number of aliphatic hydroxyl groups is 1. The van der Waals surface area contributed by atoms with Crippen LogP contribution in [0.1, 0.15) is 428 Å². The third-order valence-electron chi connectivity index (χ3n) is 19.7. The Kier molecular flexibility index (Phi) is 70.6. The van der Waals surface area contributed by atoms with Crippen molar-refractivity contribution >= 4 is 39.5 Å². The number of carbonyl (C=O) groups excluding carboxylic acids is 4.